The van der Waals surface area contributed by atoms with Gasteiger partial charge >= 0.3 is 6.03 Å². The molecule has 0 aromatic carbocycles. The van der Waals surface area contributed by atoms with Gasteiger partial charge in [0.25, 0.3) is 0 Å². The van der Waals surface area contributed by atoms with Crippen LogP contribution in [-0.4, -0.2) is 28.5 Å². The van der Waals surface area contributed by atoms with Crippen molar-refractivity contribution in [3.8, 4) is 0 Å². The minimum atomic E-state index is 0.0214. The fourth-order valence-corrected chi connectivity index (χ4v) is 2.02. The molecule has 1 aliphatic rings. The summed E-state index contributed by atoms with van der Waals surface area (Å²) in [4.78, 5) is 18.3. The Morgan fingerprint density at radius 2 is 2.35 bits per heavy atom. The second-order valence-corrected chi connectivity index (χ2v) is 4.40. The molecular weight excluding hydrogens is 214 g/mol. The van der Waals surface area contributed by atoms with E-state index in [2.05, 4.69) is 10.3 Å². The van der Waals surface area contributed by atoms with E-state index < -0.39 is 0 Å². The van der Waals surface area contributed by atoms with E-state index in [1.165, 1.54) is 0 Å². The lowest BCUT2D eigenvalue weighted by Gasteiger charge is -2.28. The maximum atomic E-state index is 12.0. The monoisotopic (exact) mass is 233 g/mol. The first-order chi connectivity index (χ1) is 8.24. The smallest absolute Gasteiger partial charge is 0.318 e. The minimum Gasteiger partial charge on any atom is -0.338 e. The van der Waals surface area contributed by atoms with Crippen LogP contribution in [-0.2, 0) is 0 Å². The number of hydrogen-bond acceptors (Lipinski definition) is 2. The van der Waals surface area contributed by atoms with Gasteiger partial charge in [-0.2, -0.15) is 0 Å². The van der Waals surface area contributed by atoms with Crippen molar-refractivity contribution in [2.24, 2.45) is 0 Å². The van der Waals surface area contributed by atoms with Crippen LogP contribution in [0.15, 0.2) is 24.4 Å². The van der Waals surface area contributed by atoms with E-state index in [4.69, 9.17) is 0 Å². The zero-order valence-corrected chi connectivity index (χ0v) is 10.4. The van der Waals surface area contributed by atoms with E-state index in [0.29, 0.717) is 12.6 Å². The molecular formula is C13H19N3O. The van der Waals surface area contributed by atoms with Gasteiger partial charge in [-0.25, -0.2) is 4.79 Å². The van der Waals surface area contributed by atoms with Crippen molar-refractivity contribution in [2.45, 2.75) is 38.8 Å². The summed E-state index contributed by atoms with van der Waals surface area (Å²) in [5.74, 6) is 0. The van der Waals surface area contributed by atoms with Crippen LogP contribution < -0.4 is 5.32 Å². The van der Waals surface area contributed by atoms with E-state index in [9.17, 15) is 4.79 Å². The Hall–Kier alpha value is -1.58. The third kappa shape index (κ3) is 2.75. The second kappa shape index (κ2) is 5.17. The summed E-state index contributed by atoms with van der Waals surface area (Å²) in [6.07, 6.45) is 3.98. The van der Waals surface area contributed by atoms with E-state index >= 15 is 0 Å². The number of amides is 2. The van der Waals surface area contributed by atoms with Crippen molar-refractivity contribution in [2.75, 3.05) is 6.54 Å². The zero-order valence-electron chi connectivity index (χ0n) is 10.4. The number of carbonyl (C=O) groups is 1. The number of nitrogens with zero attached hydrogens (tertiary/aromatic N) is 2. The van der Waals surface area contributed by atoms with Gasteiger partial charge in [-0.1, -0.05) is 6.07 Å². The highest BCUT2D eigenvalue weighted by atomic mass is 16.2. The summed E-state index contributed by atoms with van der Waals surface area (Å²) in [6.45, 7) is 4.64. The molecule has 2 rings (SSSR count). The molecule has 4 nitrogen and oxygen atoms in total. The number of hydrogen-bond donors (Lipinski definition) is 1. The number of rotatable bonds is 4. The molecule has 92 valence electrons. The molecule has 0 saturated heterocycles. The van der Waals surface area contributed by atoms with Gasteiger partial charge in [0.05, 0.1) is 11.7 Å². The van der Waals surface area contributed by atoms with Gasteiger partial charge in [-0.3, -0.25) is 4.98 Å². The first-order valence-corrected chi connectivity index (χ1v) is 6.21. The average molecular weight is 233 g/mol. The predicted molar refractivity (Wildman–Crippen MR) is 66.6 cm³/mol. The molecule has 17 heavy (non-hydrogen) atoms. The normalized spacial score (nSPS) is 16.4. The molecule has 0 bridgehead atoms. The number of pyridine rings is 1. The molecule has 1 fully saturated rings. The predicted octanol–water partition coefficient (Wildman–Crippen LogP) is 2.34. The molecule has 1 N–H and O–H groups in total. The fraction of sp³-hybridized carbons (Fsp3) is 0.538. The van der Waals surface area contributed by atoms with Gasteiger partial charge in [0.1, 0.15) is 0 Å². The summed E-state index contributed by atoms with van der Waals surface area (Å²) < 4.78 is 0. The molecule has 0 aliphatic heterocycles. The third-order valence-corrected chi connectivity index (χ3v) is 3.04. The molecule has 1 aromatic rings. The van der Waals surface area contributed by atoms with Crippen LogP contribution in [0.2, 0.25) is 0 Å². The summed E-state index contributed by atoms with van der Waals surface area (Å²) in [7, 11) is 0. The molecule has 1 saturated carbocycles. The van der Waals surface area contributed by atoms with Crippen LogP contribution >= 0.6 is 0 Å². The largest absolute Gasteiger partial charge is 0.338 e. The Morgan fingerprint density at radius 1 is 1.59 bits per heavy atom. The van der Waals surface area contributed by atoms with Crippen LogP contribution in [0, 0.1) is 0 Å². The topological polar surface area (TPSA) is 45.2 Å². The van der Waals surface area contributed by atoms with Crippen LogP contribution in [0.3, 0.4) is 0 Å². The second-order valence-electron chi connectivity index (χ2n) is 4.40. The van der Waals surface area contributed by atoms with Gasteiger partial charge in [-0.15, -0.1) is 0 Å². The highest BCUT2D eigenvalue weighted by Gasteiger charge is 2.36. The van der Waals surface area contributed by atoms with Gasteiger partial charge < -0.3 is 10.2 Å². The highest BCUT2D eigenvalue weighted by molar-refractivity contribution is 5.75. The maximum absolute atomic E-state index is 12.0. The fourth-order valence-electron chi connectivity index (χ4n) is 2.02. The lowest BCUT2D eigenvalue weighted by Crippen LogP contribution is -2.42. The Morgan fingerprint density at radius 3 is 2.88 bits per heavy atom. The Labute approximate surface area is 102 Å². The molecule has 1 atom stereocenters. The van der Waals surface area contributed by atoms with Gasteiger partial charge in [-0.05, 0) is 38.8 Å². The lowest BCUT2D eigenvalue weighted by atomic mass is 10.2. The molecule has 0 unspecified atom stereocenters. The average Bonchev–Trinajstić information content (AvgIpc) is 3.15. The van der Waals surface area contributed by atoms with Crippen molar-refractivity contribution in [1.82, 2.24) is 15.2 Å². The summed E-state index contributed by atoms with van der Waals surface area (Å²) >= 11 is 0. The van der Waals surface area contributed by atoms with Crippen LogP contribution in [0.25, 0.3) is 0 Å². The summed E-state index contributed by atoms with van der Waals surface area (Å²) in [5, 5.41) is 2.88. The van der Waals surface area contributed by atoms with Gasteiger partial charge in [0.15, 0.2) is 0 Å². The Bertz CT molecular complexity index is 376. The molecule has 4 heteroatoms. The van der Waals surface area contributed by atoms with Crippen molar-refractivity contribution >= 4 is 6.03 Å². The first-order valence-electron chi connectivity index (χ1n) is 6.21. The standard InChI is InChI=1S/C13H19N3O/c1-3-14-13(17)16(11-7-8-11)10(2)12-6-4-5-9-15-12/h4-6,9-11H,3,7-8H2,1-2H3,(H,14,17)/t10-/m1/s1. The SMILES string of the molecule is CCNC(=O)N(C1CC1)[C@H](C)c1ccccn1. The summed E-state index contributed by atoms with van der Waals surface area (Å²) in [5.41, 5.74) is 0.950. The third-order valence-electron chi connectivity index (χ3n) is 3.04. The molecule has 1 aromatic heterocycles. The molecule has 1 heterocycles. The van der Waals surface area contributed by atoms with E-state index in [1.807, 2.05) is 36.9 Å². The minimum absolute atomic E-state index is 0.0214. The highest BCUT2D eigenvalue weighted by Crippen LogP contribution is 2.33. The van der Waals surface area contributed by atoms with Crippen molar-refractivity contribution in [1.29, 1.82) is 0 Å². The van der Waals surface area contributed by atoms with E-state index in [0.717, 1.165) is 18.5 Å². The number of urea groups is 1. The van der Waals surface area contributed by atoms with Crippen molar-refractivity contribution in [3.63, 3.8) is 0 Å². The number of carbonyl (C=O) groups excluding carboxylic acids is 1. The Kier molecular flexibility index (Phi) is 3.61. The van der Waals surface area contributed by atoms with E-state index in [1.54, 1.807) is 6.20 Å². The summed E-state index contributed by atoms with van der Waals surface area (Å²) in [6, 6.07) is 6.27. The molecule has 0 radical (unpaired) electrons. The zero-order chi connectivity index (χ0) is 12.3. The first kappa shape index (κ1) is 11.9. The molecule has 0 spiro atoms. The molecule has 1 aliphatic carbocycles. The number of aromatic nitrogens is 1. The van der Waals surface area contributed by atoms with E-state index in [-0.39, 0.29) is 12.1 Å². The Balaban J connectivity index is 2.13. The lowest BCUT2D eigenvalue weighted by molar-refractivity contribution is 0.174. The number of nitrogens with one attached hydrogen (secondary N) is 1. The van der Waals surface area contributed by atoms with Crippen LogP contribution in [0.1, 0.15) is 38.4 Å². The van der Waals surface area contributed by atoms with Crippen molar-refractivity contribution < 1.29 is 4.79 Å². The van der Waals surface area contributed by atoms with Gasteiger partial charge in [0.2, 0.25) is 0 Å². The molecule has 2 amide bonds. The van der Waals surface area contributed by atoms with Crippen LogP contribution in [0.4, 0.5) is 4.79 Å². The van der Waals surface area contributed by atoms with Crippen molar-refractivity contribution in [3.05, 3.63) is 30.1 Å². The quantitative estimate of drug-likeness (QED) is 0.867. The van der Waals surface area contributed by atoms with Gasteiger partial charge in [0, 0.05) is 18.8 Å². The van der Waals surface area contributed by atoms with Crippen LogP contribution in [0.5, 0.6) is 0 Å². The maximum Gasteiger partial charge on any atom is 0.318 e.